The SMILES string of the molecule is Cc1cc(-n2c(C)cc(C=Nc3ccc(-c4ccccc4)cc3)c2C)ccc1I. The van der Waals surface area contributed by atoms with Gasteiger partial charge in [0.1, 0.15) is 0 Å². The standard InChI is InChI=1S/C26H23IN2/c1-18-15-25(13-14-26(18)27)29-19(2)16-23(20(29)3)17-28-24-11-9-22(10-12-24)21-7-5-4-6-8-21/h4-17H,1-3H3. The van der Waals surface area contributed by atoms with Crippen molar-refractivity contribution in [2.75, 3.05) is 0 Å². The molecule has 0 fully saturated rings. The molecule has 0 amide bonds. The summed E-state index contributed by atoms with van der Waals surface area (Å²) in [5, 5.41) is 0. The maximum atomic E-state index is 4.71. The molecular weight excluding hydrogens is 467 g/mol. The monoisotopic (exact) mass is 490 g/mol. The molecule has 0 unspecified atom stereocenters. The molecule has 0 aliphatic rings. The van der Waals surface area contributed by atoms with Gasteiger partial charge in [-0.05, 0) is 96.5 Å². The Bertz CT molecular complexity index is 1170. The molecule has 3 aromatic carbocycles. The van der Waals surface area contributed by atoms with Crippen LogP contribution in [-0.2, 0) is 0 Å². The number of nitrogens with zero attached hydrogens (tertiary/aromatic N) is 2. The predicted octanol–water partition coefficient (Wildman–Crippen LogP) is 7.42. The zero-order valence-electron chi connectivity index (χ0n) is 16.9. The van der Waals surface area contributed by atoms with E-state index in [2.05, 4.69) is 121 Å². The second-order valence-corrected chi connectivity index (χ2v) is 8.43. The van der Waals surface area contributed by atoms with E-state index in [0.717, 1.165) is 11.3 Å². The summed E-state index contributed by atoms with van der Waals surface area (Å²) >= 11 is 2.38. The normalized spacial score (nSPS) is 11.3. The third-order valence-electron chi connectivity index (χ3n) is 5.20. The zero-order valence-corrected chi connectivity index (χ0v) is 19.0. The largest absolute Gasteiger partial charge is 0.318 e. The molecule has 4 rings (SSSR count). The van der Waals surface area contributed by atoms with E-state index in [9.17, 15) is 0 Å². The average molecular weight is 490 g/mol. The minimum Gasteiger partial charge on any atom is -0.318 e. The number of halogens is 1. The molecule has 0 saturated carbocycles. The van der Waals surface area contributed by atoms with Crippen molar-refractivity contribution >= 4 is 34.5 Å². The van der Waals surface area contributed by atoms with Crippen LogP contribution in [0.25, 0.3) is 16.8 Å². The molecule has 3 heteroatoms. The van der Waals surface area contributed by atoms with Crippen molar-refractivity contribution in [1.82, 2.24) is 4.57 Å². The molecule has 1 aromatic heterocycles. The highest BCUT2D eigenvalue weighted by Crippen LogP contribution is 2.25. The summed E-state index contributed by atoms with van der Waals surface area (Å²) < 4.78 is 3.58. The first-order chi connectivity index (χ1) is 14.0. The average Bonchev–Trinajstić information content (AvgIpc) is 3.03. The first kappa shape index (κ1) is 19.6. The second kappa shape index (κ2) is 8.37. The van der Waals surface area contributed by atoms with Crippen LogP contribution < -0.4 is 0 Å². The molecule has 0 aliphatic carbocycles. The van der Waals surface area contributed by atoms with Crippen LogP contribution in [0.5, 0.6) is 0 Å². The van der Waals surface area contributed by atoms with E-state index in [-0.39, 0.29) is 0 Å². The van der Waals surface area contributed by atoms with Gasteiger partial charge in [-0.2, -0.15) is 0 Å². The summed E-state index contributed by atoms with van der Waals surface area (Å²) in [6.07, 6.45) is 1.97. The molecule has 144 valence electrons. The second-order valence-electron chi connectivity index (χ2n) is 7.27. The molecule has 0 bridgehead atoms. The highest BCUT2D eigenvalue weighted by atomic mass is 127. The Balaban J connectivity index is 1.60. The van der Waals surface area contributed by atoms with Crippen molar-refractivity contribution in [2.24, 2.45) is 4.99 Å². The van der Waals surface area contributed by atoms with Gasteiger partial charge in [0.15, 0.2) is 0 Å². The van der Waals surface area contributed by atoms with Gasteiger partial charge in [-0.3, -0.25) is 4.99 Å². The number of hydrogen-bond acceptors (Lipinski definition) is 1. The van der Waals surface area contributed by atoms with Crippen LogP contribution in [0, 0.1) is 24.3 Å². The smallest absolute Gasteiger partial charge is 0.0630 e. The maximum Gasteiger partial charge on any atom is 0.0630 e. The molecular formula is C26H23IN2. The van der Waals surface area contributed by atoms with Gasteiger partial charge in [-0.25, -0.2) is 0 Å². The van der Waals surface area contributed by atoms with Crippen molar-refractivity contribution in [1.29, 1.82) is 0 Å². The van der Waals surface area contributed by atoms with Gasteiger partial charge in [0.2, 0.25) is 0 Å². The first-order valence-corrected chi connectivity index (χ1v) is 10.8. The minimum absolute atomic E-state index is 0.958. The van der Waals surface area contributed by atoms with E-state index < -0.39 is 0 Å². The number of rotatable bonds is 4. The maximum absolute atomic E-state index is 4.71. The van der Waals surface area contributed by atoms with Gasteiger partial charge < -0.3 is 4.57 Å². The summed E-state index contributed by atoms with van der Waals surface area (Å²) in [5.74, 6) is 0. The Morgan fingerprint density at radius 3 is 2.17 bits per heavy atom. The van der Waals surface area contributed by atoms with Gasteiger partial charge in [0, 0.05) is 32.4 Å². The van der Waals surface area contributed by atoms with Gasteiger partial charge in [0.05, 0.1) is 5.69 Å². The van der Waals surface area contributed by atoms with Crippen LogP contribution >= 0.6 is 22.6 Å². The van der Waals surface area contributed by atoms with Crippen LogP contribution in [-0.4, -0.2) is 10.8 Å². The van der Waals surface area contributed by atoms with Crippen molar-refractivity contribution in [2.45, 2.75) is 20.8 Å². The predicted molar refractivity (Wildman–Crippen MR) is 132 cm³/mol. The van der Waals surface area contributed by atoms with Gasteiger partial charge >= 0.3 is 0 Å². The lowest BCUT2D eigenvalue weighted by molar-refractivity contribution is 0.962. The number of aryl methyl sites for hydroxylation is 2. The van der Waals surface area contributed by atoms with Crippen LogP contribution in [0.15, 0.2) is 83.9 Å². The number of benzene rings is 3. The highest BCUT2D eigenvalue weighted by Gasteiger charge is 2.10. The lowest BCUT2D eigenvalue weighted by atomic mass is 10.1. The molecule has 0 spiro atoms. The summed E-state index contributed by atoms with van der Waals surface area (Å²) in [6, 6.07) is 27.6. The Morgan fingerprint density at radius 2 is 1.48 bits per heavy atom. The topological polar surface area (TPSA) is 17.3 Å². The minimum atomic E-state index is 0.958. The number of aliphatic imine (C=N–C) groups is 1. The van der Waals surface area contributed by atoms with Gasteiger partial charge in [-0.1, -0.05) is 42.5 Å². The fourth-order valence-electron chi connectivity index (χ4n) is 3.60. The lowest BCUT2D eigenvalue weighted by Crippen LogP contribution is -2.00. The quantitative estimate of drug-likeness (QED) is 0.209. The van der Waals surface area contributed by atoms with E-state index in [1.807, 2.05) is 12.3 Å². The van der Waals surface area contributed by atoms with Crippen LogP contribution in [0.4, 0.5) is 5.69 Å². The summed E-state index contributed by atoms with van der Waals surface area (Å²) in [4.78, 5) is 4.71. The fourth-order valence-corrected chi connectivity index (χ4v) is 3.93. The van der Waals surface area contributed by atoms with Crippen LogP contribution in [0.3, 0.4) is 0 Å². The van der Waals surface area contributed by atoms with E-state index in [1.54, 1.807) is 0 Å². The Labute approximate surface area is 186 Å². The summed E-state index contributed by atoms with van der Waals surface area (Å²) in [7, 11) is 0. The Hall–Kier alpha value is -2.66. The Morgan fingerprint density at radius 1 is 0.793 bits per heavy atom. The van der Waals surface area contributed by atoms with E-state index in [1.165, 1.54) is 37.3 Å². The fraction of sp³-hybridized carbons (Fsp3) is 0.115. The Kier molecular flexibility index (Phi) is 5.67. The van der Waals surface area contributed by atoms with E-state index >= 15 is 0 Å². The van der Waals surface area contributed by atoms with Crippen LogP contribution in [0.1, 0.15) is 22.5 Å². The number of aromatic nitrogens is 1. The molecule has 29 heavy (non-hydrogen) atoms. The number of hydrogen-bond donors (Lipinski definition) is 0. The van der Waals surface area contributed by atoms with Gasteiger partial charge in [0.25, 0.3) is 0 Å². The molecule has 0 atom stereocenters. The van der Waals surface area contributed by atoms with Crippen molar-refractivity contribution in [3.8, 4) is 16.8 Å². The first-order valence-electron chi connectivity index (χ1n) is 9.68. The lowest BCUT2D eigenvalue weighted by Gasteiger charge is -2.11. The van der Waals surface area contributed by atoms with Crippen molar-refractivity contribution in [3.05, 3.63) is 105 Å². The third kappa shape index (κ3) is 4.20. The molecule has 0 radical (unpaired) electrons. The highest BCUT2D eigenvalue weighted by molar-refractivity contribution is 14.1. The van der Waals surface area contributed by atoms with E-state index in [4.69, 9.17) is 4.99 Å². The molecule has 0 saturated heterocycles. The third-order valence-corrected chi connectivity index (χ3v) is 6.41. The van der Waals surface area contributed by atoms with Gasteiger partial charge in [-0.15, -0.1) is 0 Å². The summed E-state index contributed by atoms with van der Waals surface area (Å²) in [6.45, 7) is 6.45. The van der Waals surface area contributed by atoms with Crippen LogP contribution in [0.2, 0.25) is 0 Å². The van der Waals surface area contributed by atoms with Crippen molar-refractivity contribution in [3.63, 3.8) is 0 Å². The summed E-state index contributed by atoms with van der Waals surface area (Å²) in [5.41, 5.74) is 9.44. The zero-order chi connectivity index (χ0) is 20.4. The van der Waals surface area contributed by atoms with E-state index in [0.29, 0.717) is 0 Å². The molecule has 1 heterocycles. The molecule has 0 N–H and O–H groups in total. The van der Waals surface area contributed by atoms with Crippen molar-refractivity contribution < 1.29 is 0 Å². The molecule has 0 aliphatic heterocycles. The molecule has 4 aromatic rings. The molecule has 2 nitrogen and oxygen atoms in total.